The molecule has 9 heteroatoms. The van der Waals surface area contributed by atoms with Crippen LogP contribution in [0.2, 0.25) is 5.02 Å². The zero-order valence-corrected chi connectivity index (χ0v) is 19.2. The standard InChI is InChI=1S/C20H22ClN3O3S2/c1-12(2)24(5)29(26,27)15-9-7-14(8-10-15)19(25)22-20-23(4)17-13(3)6-11-16(21)18(17)28-20/h6-12H,1-5H3. The highest BCUT2D eigenvalue weighted by molar-refractivity contribution is 7.89. The van der Waals surface area contributed by atoms with E-state index in [0.29, 0.717) is 15.4 Å². The molecule has 1 aromatic heterocycles. The number of aryl methyl sites for hydroxylation is 2. The van der Waals surface area contributed by atoms with Crippen LogP contribution in [-0.2, 0) is 17.1 Å². The fourth-order valence-electron chi connectivity index (χ4n) is 2.88. The lowest BCUT2D eigenvalue weighted by Crippen LogP contribution is -2.33. The number of aromatic nitrogens is 1. The number of rotatable bonds is 4. The van der Waals surface area contributed by atoms with Crippen molar-refractivity contribution in [3.63, 3.8) is 0 Å². The minimum Gasteiger partial charge on any atom is -0.319 e. The molecule has 0 aliphatic heterocycles. The van der Waals surface area contributed by atoms with E-state index in [4.69, 9.17) is 11.6 Å². The van der Waals surface area contributed by atoms with Crippen LogP contribution in [0, 0.1) is 6.92 Å². The number of hydrogen-bond donors (Lipinski definition) is 0. The minimum atomic E-state index is -3.60. The summed E-state index contributed by atoms with van der Waals surface area (Å²) in [6.07, 6.45) is 0. The van der Waals surface area contributed by atoms with Crippen molar-refractivity contribution < 1.29 is 13.2 Å². The first-order chi connectivity index (χ1) is 13.5. The van der Waals surface area contributed by atoms with Crippen molar-refractivity contribution in [3.8, 4) is 0 Å². The summed E-state index contributed by atoms with van der Waals surface area (Å²) >= 11 is 7.63. The van der Waals surface area contributed by atoms with Crippen molar-refractivity contribution in [3.05, 3.63) is 57.3 Å². The first-order valence-corrected chi connectivity index (χ1v) is 11.6. The molecule has 154 valence electrons. The number of fused-ring (bicyclic) bond motifs is 1. The number of hydrogen-bond acceptors (Lipinski definition) is 4. The molecule has 1 amide bonds. The van der Waals surface area contributed by atoms with E-state index in [1.54, 1.807) is 13.8 Å². The van der Waals surface area contributed by atoms with Gasteiger partial charge >= 0.3 is 0 Å². The normalized spacial score (nSPS) is 13.0. The van der Waals surface area contributed by atoms with E-state index in [1.165, 1.54) is 47.0 Å². The van der Waals surface area contributed by atoms with Crippen molar-refractivity contribution in [1.82, 2.24) is 8.87 Å². The van der Waals surface area contributed by atoms with Crippen LogP contribution in [-0.4, -0.2) is 36.3 Å². The van der Waals surface area contributed by atoms with Gasteiger partial charge in [-0.25, -0.2) is 8.42 Å². The molecule has 0 radical (unpaired) electrons. The number of benzene rings is 2. The number of nitrogens with zero attached hydrogens (tertiary/aromatic N) is 3. The molecule has 0 N–H and O–H groups in total. The SMILES string of the molecule is Cc1ccc(Cl)c2sc(=NC(=O)c3ccc(S(=O)(=O)N(C)C(C)C)cc3)n(C)c12. The summed E-state index contributed by atoms with van der Waals surface area (Å²) in [5.74, 6) is -0.443. The second-order valence-corrected chi connectivity index (χ2v) is 10.4. The topological polar surface area (TPSA) is 71.7 Å². The molecule has 0 atom stereocenters. The number of sulfonamides is 1. The second-order valence-electron chi connectivity index (χ2n) is 7.04. The van der Waals surface area contributed by atoms with Gasteiger partial charge in [-0.3, -0.25) is 4.79 Å². The van der Waals surface area contributed by atoms with E-state index in [1.807, 2.05) is 30.7 Å². The molecule has 6 nitrogen and oxygen atoms in total. The fraction of sp³-hybridized carbons (Fsp3) is 0.300. The monoisotopic (exact) mass is 451 g/mol. The second kappa shape index (κ2) is 8.02. The Kier molecular flexibility index (Phi) is 6.01. The van der Waals surface area contributed by atoms with Gasteiger partial charge in [-0.2, -0.15) is 9.30 Å². The third-order valence-corrected chi connectivity index (χ3v) is 8.44. The molecule has 1 heterocycles. The molecule has 29 heavy (non-hydrogen) atoms. The molecule has 0 bridgehead atoms. The summed E-state index contributed by atoms with van der Waals surface area (Å²) in [6, 6.07) is 9.42. The molecule has 0 saturated heterocycles. The predicted molar refractivity (Wildman–Crippen MR) is 117 cm³/mol. The summed E-state index contributed by atoms with van der Waals surface area (Å²) in [7, 11) is -0.229. The van der Waals surface area contributed by atoms with Crippen LogP contribution in [0.5, 0.6) is 0 Å². The van der Waals surface area contributed by atoms with Gasteiger partial charge in [-0.05, 0) is 56.7 Å². The lowest BCUT2D eigenvalue weighted by molar-refractivity contribution is 0.0998. The van der Waals surface area contributed by atoms with Crippen LogP contribution in [0.1, 0.15) is 29.8 Å². The maximum atomic E-state index is 12.6. The first kappa shape index (κ1) is 21.7. The highest BCUT2D eigenvalue weighted by Gasteiger charge is 2.23. The van der Waals surface area contributed by atoms with Crippen molar-refractivity contribution in [2.24, 2.45) is 12.0 Å². The summed E-state index contributed by atoms with van der Waals surface area (Å²) < 4.78 is 29.1. The van der Waals surface area contributed by atoms with Gasteiger partial charge in [0.1, 0.15) is 0 Å². The van der Waals surface area contributed by atoms with Crippen LogP contribution >= 0.6 is 22.9 Å². The van der Waals surface area contributed by atoms with Gasteiger partial charge in [0.2, 0.25) is 10.0 Å². The Bertz CT molecular complexity index is 1260. The van der Waals surface area contributed by atoms with E-state index in [2.05, 4.69) is 4.99 Å². The van der Waals surface area contributed by atoms with Crippen molar-refractivity contribution in [1.29, 1.82) is 0 Å². The largest absolute Gasteiger partial charge is 0.319 e. The predicted octanol–water partition coefficient (Wildman–Crippen LogP) is 3.97. The van der Waals surface area contributed by atoms with E-state index in [0.717, 1.165) is 15.8 Å². The van der Waals surface area contributed by atoms with Gasteiger partial charge < -0.3 is 4.57 Å². The molecule has 0 fully saturated rings. The Morgan fingerprint density at radius 2 is 1.79 bits per heavy atom. The Balaban J connectivity index is 1.99. The van der Waals surface area contributed by atoms with Crippen molar-refractivity contribution in [2.45, 2.75) is 31.7 Å². The van der Waals surface area contributed by atoms with Crippen LogP contribution in [0.15, 0.2) is 46.3 Å². The summed E-state index contributed by atoms with van der Waals surface area (Å²) in [5, 5.41) is 0.615. The number of carbonyl (C=O) groups excluding carboxylic acids is 1. The number of thiazole rings is 1. The van der Waals surface area contributed by atoms with Gasteiger partial charge in [0.15, 0.2) is 4.80 Å². The molecule has 0 spiro atoms. The van der Waals surface area contributed by atoms with Gasteiger partial charge in [-0.15, -0.1) is 0 Å². The maximum absolute atomic E-state index is 12.6. The highest BCUT2D eigenvalue weighted by atomic mass is 35.5. The average molecular weight is 452 g/mol. The lowest BCUT2D eigenvalue weighted by Gasteiger charge is -2.20. The number of carbonyl (C=O) groups is 1. The molecule has 2 aromatic carbocycles. The fourth-order valence-corrected chi connectivity index (χ4v) is 5.61. The molecular formula is C20H22ClN3O3S2. The Hall–Kier alpha value is -2.00. The number of amides is 1. The molecule has 0 aliphatic rings. The third kappa shape index (κ3) is 4.02. The van der Waals surface area contributed by atoms with Gasteiger partial charge in [-0.1, -0.05) is 29.0 Å². The summed E-state index contributed by atoms with van der Waals surface area (Å²) in [5.41, 5.74) is 2.30. The van der Waals surface area contributed by atoms with E-state index in [-0.39, 0.29) is 10.9 Å². The molecule has 3 aromatic rings. The van der Waals surface area contributed by atoms with E-state index in [9.17, 15) is 13.2 Å². The Labute approximate surface area is 179 Å². The molecule has 0 unspecified atom stereocenters. The first-order valence-electron chi connectivity index (χ1n) is 8.96. The Morgan fingerprint density at radius 3 is 2.34 bits per heavy atom. The quantitative estimate of drug-likeness (QED) is 0.602. The molecule has 0 aliphatic carbocycles. The smallest absolute Gasteiger partial charge is 0.279 e. The van der Waals surface area contributed by atoms with Gasteiger partial charge in [0.25, 0.3) is 5.91 Å². The van der Waals surface area contributed by atoms with Crippen LogP contribution in [0.25, 0.3) is 10.2 Å². The van der Waals surface area contributed by atoms with Crippen LogP contribution in [0.3, 0.4) is 0 Å². The lowest BCUT2D eigenvalue weighted by atomic mass is 10.2. The zero-order chi connectivity index (χ0) is 21.5. The van der Waals surface area contributed by atoms with Crippen LogP contribution < -0.4 is 4.80 Å². The van der Waals surface area contributed by atoms with E-state index >= 15 is 0 Å². The van der Waals surface area contributed by atoms with Crippen molar-refractivity contribution in [2.75, 3.05) is 7.05 Å². The Morgan fingerprint density at radius 1 is 1.17 bits per heavy atom. The highest BCUT2D eigenvalue weighted by Crippen LogP contribution is 2.28. The van der Waals surface area contributed by atoms with Gasteiger partial charge in [0, 0.05) is 25.7 Å². The average Bonchev–Trinajstić information content (AvgIpc) is 3.01. The van der Waals surface area contributed by atoms with Crippen molar-refractivity contribution >= 4 is 49.1 Å². The summed E-state index contributed by atoms with van der Waals surface area (Å²) in [6.45, 7) is 5.57. The van der Waals surface area contributed by atoms with Gasteiger partial charge in [0.05, 0.1) is 20.1 Å². The molecular weight excluding hydrogens is 430 g/mol. The third-order valence-electron chi connectivity index (χ3n) is 4.80. The minimum absolute atomic E-state index is 0.139. The number of halogens is 1. The molecule has 0 saturated carbocycles. The van der Waals surface area contributed by atoms with E-state index < -0.39 is 15.9 Å². The maximum Gasteiger partial charge on any atom is 0.279 e. The van der Waals surface area contributed by atoms with Crippen LogP contribution in [0.4, 0.5) is 0 Å². The molecule has 3 rings (SSSR count). The zero-order valence-electron chi connectivity index (χ0n) is 16.8. The summed E-state index contributed by atoms with van der Waals surface area (Å²) in [4.78, 5) is 17.5.